The van der Waals surface area contributed by atoms with Crippen molar-refractivity contribution in [2.45, 2.75) is 6.04 Å². The number of hydrogen-bond donors (Lipinski definition) is 2. The van der Waals surface area contributed by atoms with E-state index in [0.29, 0.717) is 17.6 Å². The zero-order valence-corrected chi connectivity index (χ0v) is 17.6. The number of fused-ring (bicyclic) bond motifs is 1. The number of rotatable bonds is 5. The molecule has 2 aliphatic heterocycles. The Labute approximate surface area is 184 Å². The minimum atomic E-state index is -1.03. The Morgan fingerprint density at radius 2 is 1.75 bits per heavy atom. The van der Waals surface area contributed by atoms with E-state index in [1.165, 1.54) is 0 Å². The van der Waals surface area contributed by atoms with Crippen LogP contribution in [0.1, 0.15) is 11.6 Å². The summed E-state index contributed by atoms with van der Waals surface area (Å²) in [5.41, 5.74) is 0.655. The lowest BCUT2D eigenvalue weighted by Gasteiger charge is -2.38. The first-order valence-electron chi connectivity index (χ1n) is 10.3. The van der Waals surface area contributed by atoms with Crippen LogP contribution in [0.25, 0.3) is 0 Å². The first-order chi connectivity index (χ1) is 15.4. The molecule has 1 atom stereocenters. The quantitative estimate of drug-likeness (QED) is 0.681. The van der Waals surface area contributed by atoms with E-state index >= 15 is 0 Å². The minimum absolute atomic E-state index is 0.162. The van der Waals surface area contributed by atoms with Gasteiger partial charge in [0.25, 0.3) is 0 Å². The smallest absolute Gasteiger partial charge is 0.313 e. The summed E-state index contributed by atoms with van der Waals surface area (Å²) < 4.78 is 37.7. The third-order valence-corrected chi connectivity index (χ3v) is 5.60. The number of benzene rings is 2. The van der Waals surface area contributed by atoms with Gasteiger partial charge in [0.2, 0.25) is 6.79 Å². The van der Waals surface area contributed by atoms with Crippen LogP contribution in [0.3, 0.4) is 0 Å². The van der Waals surface area contributed by atoms with E-state index in [4.69, 9.17) is 9.47 Å². The van der Waals surface area contributed by atoms with Crippen LogP contribution in [0.2, 0.25) is 0 Å². The summed E-state index contributed by atoms with van der Waals surface area (Å²) in [6, 6.07) is 8.12. The number of anilines is 1. The third kappa shape index (κ3) is 4.97. The number of carbonyl (C=O) groups is 2. The van der Waals surface area contributed by atoms with Crippen LogP contribution in [-0.2, 0) is 9.59 Å². The minimum Gasteiger partial charge on any atom is -0.454 e. The van der Waals surface area contributed by atoms with E-state index in [1.54, 1.807) is 0 Å². The Hall–Kier alpha value is -3.24. The van der Waals surface area contributed by atoms with Crippen LogP contribution in [-0.4, -0.2) is 68.2 Å². The summed E-state index contributed by atoms with van der Waals surface area (Å²) in [6.07, 6.45) is 0. The molecule has 32 heavy (non-hydrogen) atoms. The number of amides is 2. The Morgan fingerprint density at radius 1 is 1.00 bits per heavy atom. The van der Waals surface area contributed by atoms with Crippen molar-refractivity contribution in [1.29, 1.82) is 0 Å². The maximum absolute atomic E-state index is 13.8. The molecule has 2 aromatic carbocycles. The highest BCUT2D eigenvalue weighted by molar-refractivity contribution is 6.39. The summed E-state index contributed by atoms with van der Waals surface area (Å²) in [5.74, 6) is -2.37. The van der Waals surface area contributed by atoms with Gasteiger partial charge in [0.1, 0.15) is 11.6 Å². The van der Waals surface area contributed by atoms with Crippen LogP contribution < -0.4 is 20.1 Å². The van der Waals surface area contributed by atoms with Gasteiger partial charge >= 0.3 is 11.8 Å². The van der Waals surface area contributed by atoms with Crippen molar-refractivity contribution in [2.24, 2.45) is 0 Å². The fourth-order valence-corrected chi connectivity index (χ4v) is 3.75. The fraction of sp³-hybridized carbons (Fsp3) is 0.364. The van der Waals surface area contributed by atoms with Crippen LogP contribution >= 0.6 is 0 Å². The van der Waals surface area contributed by atoms with Gasteiger partial charge in [-0.3, -0.25) is 14.5 Å². The largest absolute Gasteiger partial charge is 0.454 e. The molecule has 170 valence electrons. The number of halogens is 2. The van der Waals surface area contributed by atoms with Gasteiger partial charge < -0.3 is 25.0 Å². The van der Waals surface area contributed by atoms with Crippen molar-refractivity contribution in [2.75, 3.05) is 51.9 Å². The van der Waals surface area contributed by atoms with E-state index in [9.17, 15) is 18.4 Å². The Morgan fingerprint density at radius 3 is 2.50 bits per heavy atom. The molecule has 1 fully saturated rings. The molecule has 0 aromatic heterocycles. The SMILES string of the molecule is CN1CCN([C@@H](CNC(=O)C(=O)Nc2ccc(F)cc2F)c2ccc3c(c2)OCO3)CC1. The lowest BCUT2D eigenvalue weighted by atomic mass is 10.0. The number of ether oxygens (including phenoxy) is 2. The molecule has 2 N–H and O–H groups in total. The van der Waals surface area contributed by atoms with Crippen LogP contribution in [0.4, 0.5) is 14.5 Å². The lowest BCUT2D eigenvalue weighted by Crippen LogP contribution is -2.49. The van der Waals surface area contributed by atoms with Gasteiger partial charge in [0, 0.05) is 38.8 Å². The summed E-state index contributed by atoms with van der Waals surface area (Å²) in [7, 11) is 2.05. The standard InChI is InChI=1S/C22H24F2N4O4/c1-27-6-8-28(9-7-27)18(14-2-5-19-20(10-14)32-13-31-19)12-25-21(29)22(30)26-17-4-3-15(23)11-16(17)24/h2-5,10-11,18H,6-9,12-13H2,1H3,(H,25,29)(H,26,30)/t18-/m0/s1. The van der Waals surface area contributed by atoms with Gasteiger partial charge in [-0.05, 0) is 36.9 Å². The van der Waals surface area contributed by atoms with Gasteiger partial charge in [0.15, 0.2) is 11.5 Å². The highest BCUT2D eigenvalue weighted by Gasteiger charge is 2.27. The summed E-state index contributed by atoms with van der Waals surface area (Å²) >= 11 is 0. The molecule has 4 rings (SSSR count). The van der Waals surface area contributed by atoms with Crippen molar-refractivity contribution in [3.8, 4) is 11.5 Å². The van der Waals surface area contributed by atoms with Crippen LogP contribution in [0.15, 0.2) is 36.4 Å². The van der Waals surface area contributed by atoms with Crippen molar-refractivity contribution >= 4 is 17.5 Å². The first-order valence-corrected chi connectivity index (χ1v) is 10.3. The summed E-state index contributed by atoms with van der Waals surface area (Å²) in [5, 5.41) is 4.80. The van der Waals surface area contributed by atoms with Crippen molar-refractivity contribution in [1.82, 2.24) is 15.1 Å². The van der Waals surface area contributed by atoms with Crippen LogP contribution in [0.5, 0.6) is 11.5 Å². The molecular formula is C22H24F2N4O4. The highest BCUT2D eigenvalue weighted by Crippen LogP contribution is 2.35. The van der Waals surface area contributed by atoms with Gasteiger partial charge in [0.05, 0.1) is 11.7 Å². The molecule has 0 saturated carbocycles. The predicted octanol–water partition coefficient (Wildman–Crippen LogP) is 1.74. The number of hydrogen-bond acceptors (Lipinski definition) is 6. The van der Waals surface area contributed by atoms with Crippen molar-refractivity contribution in [3.63, 3.8) is 0 Å². The molecule has 0 radical (unpaired) electrons. The normalized spacial score (nSPS) is 17.1. The fourth-order valence-electron chi connectivity index (χ4n) is 3.75. The average molecular weight is 446 g/mol. The molecule has 0 aliphatic carbocycles. The molecule has 0 unspecified atom stereocenters. The van der Waals surface area contributed by atoms with Gasteiger partial charge in [-0.2, -0.15) is 0 Å². The van der Waals surface area contributed by atoms with Crippen molar-refractivity contribution in [3.05, 3.63) is 53.6 Å². The van der Waals surface area contributed by atoms with E-state index in [1.807, 2.05) is 25.2 Å². The molecule has 1 saturated heterocycles. The number of nitrogens with one attached hydrogen (secondary N) is 2. The second-order valence-electron chi connectivity index (χ2n) is 7.76. The molecule has 8 nitrogen and oxygen atoms in total. The molecule has 2 aliphatic rings. The van der Waals surface area contributed by atoms with E-state index in [0.717, 1.165) is 43.9 Å². The number of carbonyl (C=O) groups excluding carboxylic acids is 2. The Kier molecular flexibility index (Phi) is 6.52. The van der Waals surface area contributed by atoms with Gasteiger partial charge in [-0.15, -0.1) is 0 Å². The van der Waals surface area contributed by atoms with Gasteiger partial charge in [-0.1, -0.05) is 6.07 Å². The van der Waals surface area contributed by atoms with E-state index < -0.39 is 23.4 Å². The number of piperazine rings is 1. The second-order valence-corrected chi connectivity index (χ2v) is 7.76. The topological polar surface area (TPSA) is 83.1 Å². The Balaban J connectivity index is 1.44. The first kappa shape index (κ1) is 22.0. The van der Waals surface area contributed by atoms with Gasteiger partial charge in [-0.25, -0.2) is 8.78 Å². The van der Waals surface area contributed by atoms with Crippen LogP contribution in [0, 0.1) is 11.6 Å². The maximum Gasteiger partial charge on any atom is 0.313 e. The monoisotopic (exact) mass is 446 g/mol. The molecule has 2 aromatic rings. The third-order valence-electron chi connectivity index (χ3n) is 5.60. The van der Waals surface area contributed by atoms with Crippen molar-refractivity contribution < 1.29 is 27.8 Å². The maximum atomic E-state index is 13.8. The molecule has 0 spiro atoms. The number of nitrogens with zero attached hydrogens (tertiary/aromatic N) is 2. The Bertz CT molecular complexity index is 1010. The molecule has 0 bridgehead atoms. The zero-order chi connectivity index (χ0) is 22.7. The van der Waals surface area contributed by atoms with E-state index in [-0.39, 0.29) is 25.1 Å². The van der Waals surface area contributed by atoms with E-state index in [2.05, 4.69) is 20.4 Å². The molecule has 10 heteroatoms. The lowest BCUT2D eigenvalue weighted by molar-refractivity contribution is -0.136. The summed E-state index contributed by atoms with van der Waals surface area (Å²) in [4.78, 5) is 29.1. The highest BCUT2D eigenvalue weighted by atomic mass is 19.1. The predicted molar refractivity (Wildman–Crippen MR) is 112 cm³/mol. The number of likely N-dealkylation sites (N-methyl/N-ethyl adjacent to an activating group) is 1. The molecule has 2 heterocycles. The summed E-state index contributed by atoms with van der Waals surface area (Å²) in [6.45, 7) is 3.66. The molecular weight excluding hydrogens is 422 g/mol. The zero-order valence-electron chi connectivity index (χ0n) is 17.6. The second kappa shape index (κ2) is 9.49. The molecule has 2 amide bonds. The average Bonchev–Trinajstić information content (AvgIpc) is 3.25.